The molecule has 5 N–H and O–H groups in total. The lowest BCUT2D eigenvalue weighted by Crippen LogP contribution is -2.59. The number of carbonyl (C=O) groups is 6. The zero-order chi connectivity index (χ0) is 44.5. The number of nitrogens with zero attached hydrogens (tertiary/aromatic N) is 2. The molecule has 2 aliphatic carbocycles. The predicted octanol–water partition coefficient (Wildman–Crippen LogP) is 1.55. The Morgan fingerprint density at radius 3 is 2.27 bits per heavy atom. The van der Waals surface area contributed by atoms with Crippen LogP contribution in [0, 0.1) is 11.7 Å². The lowest BCUT2D eigenvalue weighted by molar-refractivity contribution is -0.218. The van der Waals surface area contributed by atoms with Gasteiger partial charge in [0.25, 0.3) is 5.91 Å². The zero-order valence-electron chi connectivity index (χ0n) is 34.4. The minimum absolute atomic E-state index is 0.000356. The summed E-state index contributed by atoms with van der Waals surface area (Å²) in [6, 6.07) is 1.31. The number of carbonyl (C=O) groups excluding carboxylic acids is 6. The first-order chi connectivity index (χ1) is 27.8. The molecule has 6 atom stereocenters. The number of hydrogen-bond donors (Lipinski definition) is 5. The van der Waals surface area contributed by atoms with E-state index in [4.69, 9.17) is 18.9 Å². The van der Waals surface area contributed by atoms with Crippen LogP contribution in [0.3, 0.4) is 0 Å². The Bertz CT molecular complexity index is 2030. The first kappa shape index (κ1) is 46.0. The second-order valence-electron chi connectivity index (χ2n) is 17.2. The number of benzene rings is 1. The Labute approximate surface area is 347 Å². The summed E-state index contributed by atoms with van der Waals surface area (Å²) in [6.45, 7) is 15.5. The van der Waals surface area contributed by atoms with Crippen LogP contribution in [-0.4, -0.2) is 119 Å². The summed E-state index contributed by atoms with van der Waals surface area (Å²) in [5.74, 6) is -5.23. The lowest BCUT2D eigenvalue weighted by Gasteiger charge is -2.30. The predicted molar refractivity (Wildman–Crippen MR) is 209 cm³/mol. The van der Waals surface area contributed by atoms with E-state index in [0.29, 0.717) is 24.0 Å². The molecule has 1 aromatic carbocycles. The monoisotopic (exact) mass is 864 g/mol. The molecule has 2 saturated carbocycles. The molecule has 3 fully saturated rings. The van der Waals surface area contributed by atoms with Crippen LogP contribution in [0.15, 0.2) is 43.1 Å². The second kappa shape index (κ2) is 17.5. The smallest absolute Gasteiger partial charge is 0.412 e. The summed E-state index contributed by atoms with van der Waals surface area (Å²) < 4.78 is 63.7. The number of hydrogen-bond acceptors (Lipinski definition) is 14. The fraction of sp³-hybridized carbons (Fsp3) is 0.590. The van der Waals surface area contributed by atoms with Gasteiger partial charge in [0.2, 0.25) is 28.3 Å². The number of amides is 5. The van der Waals surface area contributed by atoms with Crippen molar-refractivity contribution in [1.82, 2.24) is 30.5 Å². The SMILES string of the molecule is C=C[C@@H]1C[C@]1(NC(=O)C1C[C@@H](OC(O)N2Cc3cccc(F)c3C2)CN1C(=O)[C@H](COC(=O)C(=C)NC(=O)OC(C)(C)C)NC(=O)OC(C)(C)C)C(=O)NS(=O)(=O)C1CC1. The Morgan fingerprint density at radius 2 is 1.68 bits per heavy atom. The van der Waals surface area contributed by atoms with Crippen molar-refractivity contribution in [2.75, 3.05) is 13.2 Å². The largest absolute Gasteiger partial charge is 0.458 e. The fourth-order valence-electron chi connectivity index (χ4n) is 6.78. The topological polar surface area (TPSA) is 248 Å². The maximum atomic E-state index is 14.5. The van der Waals surface area contributed by atoms with Crippen molar-refractivity contribution in [2.45, 2.75) is 127 Å². The minimum Gasteiger partial charge on any atom is -0.458 e. The number of esters is 1. The lowest BCUT2D eigenvalue weighted by atomic mass is 10.1. The Hall–Kier alpha value is -5.12. The molecule has 60 heavy (non-hydrogen) atoms. The van der Waals surface area contributed by atoms with E-state index < -0.39 is 123 Å². The Morgan fingerprint density at radius 1 is 1.03 bits per heavy atom. The van der Waals surface area contributed by atoms with Crippen LogP contribution in [-0.2, 0) is 61.2 Å². The van der Waals surface area contributed by atoms with Crippen molar-refractivity contribution in [3.8, 4) is 0 Å². The molecule has 330 valence electrons. The maximum Gasteiger partial charge on any atom is 0.412 e. The van der Waals surface area contributed by atoms with Crippen molar-refractivity contribution in [1.29, 1.82) is 0 Å². The van der Waals surface area contributed by atoms with Gasteiger partial charge in [0.15, 0.2) is 0 Å². The standard InChI is InChI=1S/C39H53FN6O13S/c1-9-23-16-39(23,33(50)44-60(54,55)25-13-14-25)43-30(47)29-15-24(57-36(53)45-17-22-11-10-12-27(40)26(22)19-45)18-46(29)31(48)28(42-35(52)59-38(6,7)8)20-56-32(49)21(2)41-34(51)58-37(3,4)5/h9-12,23-25,28-29,36,53H,1-2,13-20H2,3-8H3,(H,41,51)(H,42,52)(H,43,47)(H,44,50)/t23-,24-,28+,29?,36?,39-/m1/s1. The van der Waals surface area contributed by atoms with E-state index in [1.807, 2.05) is 0 Å². The average Bonchev–Trinajstić information content (AvgIpc) is 4.02. The Kier molecular flexibility index (Phi) is 13.4. The van der Waals surface area contributed by atoms with E-state index in [2.05, 4.69) is 33.8 Å². The maximum absolute atomic E-state index is 14.5. The molecule has 5 amide bonds. The third-order valence-electron chi connectivity index (χ3n) is 9.94. The van der Waals surface area contributed by atoms with Crippen LogP contribution in [0.5, 0.6) is 0 Å². The van der Waals surface area contributed by atoms with E-state index in [0.717, 1.165) is 4.90 Å². The average molecular weight is 865 g/mol. The highest BCUT2D eigenvalue weighted by molar-refractivity contribution is 7.91. The Balaban J connectivity index is 1.38. The number of aliphatic hydroxyl groups is 1. The number of nitrogens with one attached hydrogen (secondary N) is 4. The van der Waals surface area contributed by atoms with Gasteiger partial charge in [0, 0.05) is 37.5 Å². The van der Waals surface area contributed by atoms with Gasteiger partial charge in [-0.15, -0.1) is 6.58 Å². The minimum atomic E-state index is -4.02. The second-order valence-corrected chi connectivity index (χ2v) is 19.2. The van der Waals surface area contributed by atoms with Gasteiger partial charge in [0.05, 0.1) is 11.4 Å². The first-order valence-electron chi connectivity index (χ1n) is 19.3. The van der Waals surface area contributed by atoms with Gasteiger partial charge in [-0.05, 0) is 72.4 Å². The third-order valence-corrected chi connectivity index (χ3v) is 11.8. The molecule has 1 aromatic rings. The van der Waals surface area contributed by atoms with Crippen LogP contribution in [0.1, 0.15) is 78.4 Å². The molecule has 2 heterocycles. The molecule has 4 aliphatic rings. The van der Waals surface area contributed by atoms with Crippen LogP contribution in [0.4, 0.5) is 14.0 Å². The van der Waals surface area contributed by atoms with Gasteiger partial charge in [-0.2, -0.15) is 0 Å². The number of likely N-dealkylation sites (tertiary alicyclic amines) is 1. The highest BCUT2D eigenvalue weighted by Crippen LogP contribution is 2.45. The number of aliphatic hydroxyl groups excluding tert-OH is 1. The van der Waals surface area contributed by atoms with Crippen molar-refractivity contribution >= 4 is 45.9 Å². The van der Waals surface area contributed by atoms with Gasteiger partial charge in [0.1, 0.15) is 46.9 Å². The number of fused-ring (bicyclic) bond motifs is 1. The van der Waals surface area contributed by atoms with E-state index >= 15 is 0 Å². The molecule has 0 aromatic heterocycles. The number of alkyl carbamates (subject to hydrolysis) is 2. The highest BCUT2D eigenvalue weighted by Gasteiger charge is 2.62. The van der Waals surface area contributed by atoms with Crippen molar-refractivity contribution in [2.24, 2.45) is 5.92 Å². The summed E-state index contributed by atoms with van der Waals surface area (Å²) in [7, 11) is -4.02. The van der Waals surface area contributed by atoms with Crippen LogP contribution >= 0.6 is 0 Å². The van der Waals surface area contributed by atoms with Gasteiger partial charge >= 0.3 is 18.2 Å². The molecule has 19 nitrogen and oxygen atoms in total. The fourth-order valence-corrected chi connectivity index (χ4v) is 8.14. The van der Waals surface area contributed by atoms with Crippen molar-refractivity contribution in [3.05, 3.63) is 60.1 Å². The third kappa shape index (κ3) is 11.4. The molecular formula is C39H53FN6O13S. The molecule has 2 aliphatic heterocycles. The summed E-state index contributed by atoms with van der Waals surface area (Å²) in [6.07, 6.45) is -2.98. The molecule has 0 spiro atoms. The molecule has 2 unspecified atom stereocenters. The number of sulfonamides is 1. The van der Waals surface area contributed by atoms with Crippen LogP contribution in [0.2, 0.25) is 0 Å². The van der Waals surface area contributed by atoms with Gasteiger partial charge in [-0.25, -0.2) is 32.1 Å². The van der Waals surface area contributed by atoms with E-state index in [-0.39, 0.29) is 25.9 Å². The van der Waals surface area contributed by atoms with E-state index in [1.165, 1.54) is 23.1 Å². The summed E-state index contributed by atoms with van der Waals surface area (Å²) in [5.41, 5.74) is -3.27. The van der Waals surface area contributed by atoms with E-state index in [1.54, 1.807) is 47.6 Å². The number of ether oxygens (including phenoxy) is 4. The molecule has 0 radical (unpaired) electrons. The molecule has 21 heteroatoms. The summed E-state index contributed by atoms with van der Waals surface area (Å²) in [4.78, 5) is 82.8. The molecule has 1 saturated heterocycles. The quantitative estimate of drug-likeness (QED) is 0.0552. The molecular weight excluding hydrogens is 812 g/mol. The summed E-state index contributed by atoms with van der Waals surface area (Å²) in [5, 5.41) is 17.5. The van der Waals surface area contributed by atoms with Gasteiger partial charge in [-0.3, -0.25) is 24.4 Å². The normalized spacial score (nSPS) is 23.6. The van der Waals surface area contributed by atoms with E-state index in [9.17, 15) is 46.7 Å². The number of halogens is 1. The molecule has 5 rings (SSSR count). The van der Waals surface area contributed by atoms with Gasteiger partial charge in [-0.1, -0.05) is 24.8 Å². The summed E-state index contributed by atoms with van der Waals surface area (Å²) >= 11 is 0. The van der Waals surface area contributed by atoms with Gasteiger partial charge < -0.3 is 39.6 Å². The zero-order valence-corrected chi connectivity index (χ0v) is 35.2. The highest BCUT2D eigenvalue weighted by atomic mass is 32.2. The first-order valence-corrected chi connectivity index (χ1v) is 20.9. The number of rotatable bonds is 15. The van der Waals surface area contributed by atoms with Crippen LogP contribution < -0.4 is 20.7 Å². The van der Waals surface area contributed by atoms with Crippen molar-refractivity contribution < 1.29 is 65.6 Å². The van der Waals surface area contributed by atoms with Crippen molar-refractivity contribution in [3.63, 3.8) is 0 Å². The van der Waals surface area contributed by atoms with Crippen LogP contribution in [0.25, 0.3) is 0 Å². The molecule has 0 bridgehead atoms.